The standard InChI is InChI=1S/C23H19F3N2O3/c24-23(25,26)16-10-12-27-21(14-16)31-18-11-13-28(15-18)22(29)19-8-4-5-9-20(19)30-17-6-2-1-3-7-17/h1-10,12,14,18H,11,13,15H2. The summed E-state index contributed by atoms with van der Waals surface area (Å²) in [6.45, 7) is 0.665. The molecule has 1 aromatic heterocycles. The predicted molar refractivity (Wildman–Crippen MR) is 107 cm³/mol. The first kappa shape index (κ1) is 20.7. The molecule has 160 valence electrons. The number of amides is 1. The first-order chi connectivity index (χ1) is 14.9. The Kier molecular flexibility index (Phi) is 5.79. The Labute approximate surface area is 177 Å². The molecular formula is C23H19F3N2O3. The molecule has 1 saturated heterocycles. The van der Waals surface area contributed by atoms with Gasteiger partial charge in [0.25, 0.3) is 5.91 Å². The number of rotatable bonds is 5. The molecule has 1 aliphatic heterocycles. The van der Waals surface area contributed by atoms with Crippen molar-refractivity contribution >= 4 is 5.91 Å². The second-order valence-corrected chi connectivity index (χ2v) is 7.07. The van der Waals surface area contributed by atoms with E-state index in [1.165, 1.54) is 0 Å². The molecule has 1 aliphatic rings. The highest BCUT2D eigenvalue weighted by Gasteiger charge is 2.33. The normalized spacial score (nSPS) is 16.2. The van der Waals surface area contributed by atoms with Gasteiger partial charge in [0, 0.05) is 25.2 Å². The van der Waals surface area contributed by atoms with E-state index >= 15 is 0 Å². The van der Waals surface area contributed by atoms with Gasteiger partial charge in [0.05, 0.1) is 17.7 Å². The molecule has 1 amide bonds. The number of ether oxygens (including phenoxy) is 2. The maximum absolute atomic E-state index is 13.1. The number of benzene rings is 2. The lowest BCUT2D eigenvalue weighted by Gasteiger charge is -2.19. The van der Waals surface area contributed by atoms with Crippen molar-refractivity contribution in [2.45, 2.75) is 18.7 Å². The zero-order valence-corrected chi connectivity index (χ0v) is 16.4. The Balaban J connectivity index is 1.44. The largest absolute Gasteiger partial charge is 0.472 e. The van der Waals surface area contributed by atoms with Crippen LogP contribution in [0.1, 0.15) is 22.3 Å². The highest BCUT2D eigenvalue weighted by Crippen LogP contribution is 2.31. The van der Waals surface area contributed by atoms with E-state index in [9.17, 15) is 18.0 Å². The van der Waals surface area contributed by atoms with Gasteiger partial charge in [0.15, 0.2) is 0 Å². The molecule has 0 radical (unpaired) electrons. The van der Waals surface area contributed by atoms with Gasteiger partial charge in [-0.1, -0.05) is 30.3 Å². The topological polar surface area (TPSA) is 51.7 Å². The monoisotopic (exact) mass is 428 g/mol. The Morgan fingerprint density at radius 3 is 2.55 bits per heavy atom. The van der Waals surface area contributed by atoms with Gasteiger partial charge in [-0.15, -0.1) is 0 Å². The van der Waals surface area contributed by atoms with E-state index in [4.69, 9.17) is 9.47 Å². The van der Waals surface area contributed by atoms with Crippen molar-refractivity contribution in [3.8, 4) is 17.4 Å². The third-order valence-corrected chi connectivity index (χ3v) is 4.87. The van der Waals surface area contributed by atoms with Crippen LogP contribution in [0.25, 0.3) is 0 Å². The summed E-state index contributed by atoms with van der Waals surface area (Å²) in [4.78, 5) is 18.5. The number of likely N-dealkylation sites (tertiary alicyclic amines) is 1. The van der Waals surface area contributed by atoms with Gasteiger partial charge in [-0.2, -0.15) is 13.2 Å². The SMILES string of the molecule is O=C(c1ccccc1Oc1ccccc1)N1CCC(Oc2cc(C(F)(F)F)ccn2)C1. The van der Waals surface area contributed by atoms with E-state index < -0.39 is 17.8 Å². The van der Waals surface area contributed by atoms with Crippen LogP contribution in [0.4, 0.5) is 13.2 Å². The molecule has 1 atom stereocenters. The van der Waals surface area contributed by atoms with Gasteiger partial charge in [-0.3, -0.25) is 4.79 Å². The Morgan fingerprint density at radius 2 is 1.77 bits per heavy atom. The van der Waals surface area contributed by atoms with Crippen molar-refractivity contribution in [1.82, 2.24) is 9.88 Å². The maximum Gasteiger partial charge on any atom is 0.416 e. The molecule has 5 nitrogen and oxygen atoms in total. The molecule has 2 heterocycles. The van der Waals surface area contributed by atoms with Gasteiger partial charge >= 0.3 is 6.18 Å². The minimum atomic E-state index is -4.47. The van der Waals surface area contributed by atoms with Crippen molar-refractivity contribution in [1.29, 1.82) is 0 Å². The summed E-state index contributed by atoms with van der Waals surface area (Å²) in [6.07, 6.45) is -3.36. The highest BCUT2D eigenvalue weighted by molar-refractivity contribution is 5.97. The van der Waals surface area contributed by atoms with Crippen LogP contribution in [0.2, 0.25) is 0 Å². The molecule has 8 heteroatoms. The first-order valence-electron chi connectivity index (χ1n) is 9.71. The number of hydrogen-bond donors (Lipinski definition) is 0. The van der Waals surface area contributed by atoms with Crippen molar-refractivity contribution in [3.63, 3.8) is 0 Å². The Morgan fingerprint density at radius 1 is 1.03 bits per heavy atom. The molecule has 3 aromatic rings. The lowest BCUT2D eigenvalue weighted by molar-refractivity contribution is -0.137. The summed E-state index contributed by atoms with van der Waals surface area (Å²) in [6, 6.07) is 17.8. The zero-order chi connectivity index (χ0) is 21.8. The number of nitrogens with zero attached hydrogens (tertiary/aromatic N) is 2. The molecule has 2 aromatic carbocycles. The van der Waals surface area contributed by atoms with Crippen LogP contribution in [0.3, 0.4) is 0 Å². The second kappa shape index (κ2) is 8.67. The van der Waals surface area contributed by atoms with Gasteiger partial charge in [-0.25, -0.2) is 4.98 Å². The summed E-state index contributed by atoms with van der Waals surface area (Å²) in [5, 5.41) is 0. The van der Waals surface area contributed by atoms with Gasteiger partial charge in [0.2, 0.25) is 5.88 Å². The van der Waals surface area contributed by atoms with Crippen LogP contribution in [0, 0.1) is 0 Å². The number of carbonyl (C=O) groups excluding carboxylic acids is 1. The summed E-state index contributed by atoms with van der Waals surface area (Å²) in [5.74, 6) is 0.709. The molecule has 0 bridgehead atoms. The molecule has 1 fully saturated rings. The molecule has 31 heavy (non-hydrogen) atoms. The number of alkyl halides is 3. The predicted octanol–water partition coefficient (Wildman–Crippen LogP) is 5.19. The van der Waals surface area contributed by atoms with Crippen LogP contribution < -0.4 is 9.47 Å². The number of carbonyl (C=O) groups is 1. The van der Waals surface area contributed by atoms with Gasteiger partial charge < -0.3 is 14.4 Å². The molecule has 0 spiro atoms. The number of para-hydroxylation sites is 2. The third kappa shape index (κ3) is 4.96. The number of hydrogen-bond acceptors (Lipinski definition) is 4. The third-order valence-electron chi connectivity index (χ3n) is 4.87. The van der Waals surface area contributed by atoms with Crippen molar-refractivity contribution in [3.05, 3.63) is 84.1 Å². The molecule has 1 unspecified atom stereocenters. The van der Waals surface area contributed by atoms with E-state index in [1.54, 1.807) is 41.3 Å². The lowest BCUT2D eigenvalue weighted by Crippen LogP contribution is -2.31. The fourth-order valence-corrected chi connectivity index (χ4v) is 3.35. The fraction of sp³-hybridized carbons (Fsp3) is 0.217. The molecule has 0 N–H and O–H groups in total. The number of halogens is 3. The Hall–Kier alpha value is -3.55. The maximum atomic E-state index is 13.1. The quantitative estimate of drug-likeness (QED) is 0.562. The van der Waals surface area contributed by atoms with Crippen LogP contribution in [-0.4, -0.2) is 35.0 Å². The minimum absolute atomic E-state index is 0.109. The summed E-state index contributed by atoms with van der Waals surface area (Å²) < 4.78 is 50.1. The van der Waals surface area contributed by atoms with E-state index in [0.717, 1.165) is 18.3 Å². The minimum Gasteiger partial charge on any atom is -0.472 e. The molecular weight excluding hydrogens is 409 g/mol. The zero-order valence-electron chi connectivity index (χ0n) is 16.4. The van der Waals surface area contributed by atoms with Crippen LogP contribution in [0.15, 0.2) is 72.9 Å². The Bertz CT molecular complexity index is 1060. The van der Waals surface area contributed by atoms with Crippen molar-refractivity contribution in [2.75, 3.05) is 13.1 Å². The highest BCUT2D eigenvalue weighted by atomic mass is 19.4. The van der Waals surface area contributed by atoms with E-state index in [2.05, 4.69) is 4.98 Å². The summed E-state index contributed by atoms with van der Waals surface area (Å²) >= 11 is 0. The number of aromatic nitrogens is 1. The van der Waals surface area contributed by atoms with Crippen LogP contribution in [0.5, 0.6) is 17.4 Å². The first-order valence-corrected chi connectivity index (χ1v) is 9.71. The molecule has 4 rings (SSSR count). The van der Waals surface area contributed by atoms with E-state index in [0.29, 0.717) is 30.0 Å². The number of pyridine rings is 1. The lowest BCUT2D eigenvalue weighted by atomic mass is 10.1. The van der Waals surface area contributed by atoms with Crippen molar-refractivity contribution in [2.24, 2.45) is 0 Å². The smallest absolute Gasteiger partial charge is 0.416 e. The van der Waals surface area contributed by atoms with Crippen molar-refractivity contribution < 1.29 is 27.4 Å². The van der Waals surface area contributed by atoms with E-state index in [1.807, 2.05) is 18.2 Å². The van der Waals surface area contributed by atoms with E-state index in [-0.39, 0.29) is 18.3 Å². The average Bonchev–Trinajstić information content (AvgIpc) is 3.22. The fourth-order valence-electron chi connectivity index (χ4n) is 3.35. The van der Waals surface area contributed by atoms with Crippen LogP contribution in [-0.2, 0) is 6.18 Å². The summed E-state index contributed by atoms with van der Waals surface area (Å²) in [5.41, 5.74) is -0.417. The molecule has 0 saturated carbocycles. The van der Waals surface area contributed by atoms with Crippen LogP contribution >= 0.6 is 0 Å². The summed E-state index contributed by atoms with van der Waals surface area (Å²) in [7, 11) is 0. The average molecular weight is 428 g/mol. The van der Waals surface area contributed by atoms with Gasteiger partial charge in [0.1, 0.15) is 17.6 Å². The second-order valence-electron chi connectivity index (χ2n) is 7.07. The molecule has 0 aliphatic carbocycles. The van der Waals surface area contributed by atoms with Gasteiger partial charge in [-0.05, 0) is 30.3 Å².